The Morgan fingerprint density at radius 3 is 2.68 bits per heavy atom. The molecule has 0 saturated carbocycles. The van der Waals surface area contributed by atoms with Crippen LogP contribution in [0.15, 0.2) is 39.9 Å². The van der Waals surface area contributed by atoms with Gasteiger partial charge in [-0.2, -0.15) is 0 Å². The van der Waals surface area contributed by atoms with Gasteiger partial charge in [0.15, 0.2) is 11.2 Å². The third-order valence-electron chi connectivity index (χ3n) is 4.08. The number of benzene rings is 1. The van der Waals surface area contributed by atoms with Crippen molar-refractivity contribution >= 4 is 23.2 Å². The average Bonchev–Trinajstić information content (AvgIpc) is 2.97. The number of phenols is 1. The monoisotopic (exact) mass is 380 g/mol. The number of hydrogen-bond donors (Lipinski definition) is 2. The molecule has 0 saturated heterocycles. The van der Waals surface area contributed by atoms with Crippen LogP contribution in [0.1, 0.15) is 11.4 Å². The Kier molecular flexibility index (Phi) is 4.87. The third-order valence-corrected chi connectivity index (χ3v) is 4.08. The van der Waals surface area contributed by atoms with E-state index in [0.29, 0.717) is 5.56 Å². The van der Waals surface area contributed by atoms with Crippen molar-refractivity contribution in [1.29, 1.82) is 0 Å². The van der Waals surface area contributed by atoms with Crippen molar-refractivity contribution < 1.29 is 15.0 Å². The molecular formula is C19H16N4O5. The molecule has 0 aliphatic rings. The number of nitrogens with zero attached hydrogens (tertiary/aromatic N) is 4. The Balaban J connectivity index is 2.14. The van der Waals surface area contributed by atoms with Crippen molar-refractivity contribution in [3.05, 3.63) is 62.6 Å². The van der Waals surface area contributed by atoms with E-state index in [-0.39, 0.29) is 29.3 Å². The summed E-state index contributed by atoms with van der Waals surface area (Å²) in [4.78, 5) is 40.0. The number of aryl methyl sites for hydroxylation is 1. The van der Waals surface area contributed by atoms with Gasteiger partial charge in [0.25, 0.3) is 5.56 Å². The number of aromatic hydroxyl groups is 1. The summed E-state index contributed by atoms with van der Waals surface area (Å²) in [6.07, 6.45) is 2.14. The molecule has 1 aromatic carbocycles. The van der Waals surface area contributed by atoms with Crippen molar-refractivity contribution in [2.75, 3.05) is 0 Å². The first-order chi connectivity index (χ1) is 13.3. The van der Waals surface area contributed by atoms with E-state index in [2.05, 4.69) is 16.8 Å². The molecule has 9 heteroatoms. The van der Waals surface area contributed by atoms with Gasteiger partial charge in [0, 0.05) is 25.7 Å². The number of fused-ring (bicyclic) bond motifs is 1. The highest BCUT2D eigenvalue weighted by molar-refractivity contribution is 5.85. The number of rotatable bonds is 3. The summed E-state index contributed by atoms with van der Waals surface area (Å²) in [6, 6.07) is 6.37. The van der Waals surface area contributed by atoms with Crippen LogP contribution in [0.25, 0.3) is 17.2 Å². The molecule has 0 spiro atoms. The van der Waals surface area contributed by atoms with Crippen molar-refractivity contribution in [3.63, 3.8) is 0 Å². The maximum absolute atomic E-state index is 12.5. The summed E-state index contributed by atoms with van der Waals surface area (Å²) < 4.78 is 3.62. The van der Waals surface area contributed by atoms with Crippen LogP contribution in [0.5, 0.6) is 5.75 Å². The lowest BCUT2D eigenvalue weighted by atomic mass is 10.2. The van der Waals surface area contributed by atoms with Gasteiger partial charge < -0.3 is 14.8 Å². The largest absolute Gasteiger partial charge is 0.508 e. The molecule has 0 unspecified atom stereocenters. The Labute approximate surface area is 158 Å². The van der Waals surface area contributed by atoms with E-state index in [0.717, 1.165) is 10.6 Å². The second-order valence-electron chi connectivity index (χ2n) is 5.96. The molecule has 3 aromatic rings. The minimum atomic E-state index is -1.16. The zero-order valence-electron chi connectivity index (χ0n) is 15.1. The maximum Gasteiger partial charge on any atom is 0.333 e. The fourth-order valence-electron chi connectivity index (χ4n) is 2.69. The number of carboxylic acids is 1. The van der Waals surface area contributed by atoms with E-state index in [4.69, 9.17) is 5.11 Å². The van der Waals surface area contributed by atoms with Crippen molar-refractivity contribution in [2.45, 2.75) is 6.54 Å². The number of imidazole rings is 1. The molecule has 2 N–H and O–H groups in total. The number of carboxylic acid groups (broad SMARTS) is 1. The van der Waals surface area contributed by atoms with E-state index < -0.39 is 17.2 Å². The molecule has 0 amide bonds. The third kappa shape index (κ3) is 3.43. The Morgan fingerprint density at radius 2 is 2.00 bits per heavy atom. The summed E-state index contributed by atoms with van der Waals surface area (Å²) in [5, 5.41) is 18.3. The molecular weight excluding hydrogens is 364 g/mol. The molecule has 0 radical (unpaired) electrons. The highest BCUT2D eigenvalue weighted by Gasteiger charge is 2.17. The highest BCUT2D eigenvalue weighted by atomic mass is 16.4. The van der Waals surface area contributed by atoms with Crippen molar-refractivity contribution in [2.24, 2.45) is 14.1 Å². The van der Waals surface area contributed by atoms with Crippen molar-refractivity contribution in [1.82, 2.24) is 18.7 Å². The van der Waals surface area contributed by atoms with E-state index in [1.807, 2.05) is 0 Å². The van der Waals surface area contributed by atoms with Gasteiger partial charge in [-0.3, -0.25) is 13.9 Å². The molecule has 0 fully saturated rings. The lowest BCUT2D eigenvalue weighted by molar-refractivity contribution is -0.131. The lowest BCUT2D eigenvalue weighted by Gasteiger charge is -2.05. The van der Waals surface area contributed by atoms with Gasteiger partial charge >= 0.3 is 11.7 Å². The van der Waals surface area contributed by atoms with Gasteiger partial charge in [0.1, 0.15) is 11.6 Å². The van der Waals surface area contributed by atoms with Crippen LogP contribution in [-0.2, 0) is 25.4 Å². The molecule has 9 nitrogen and oxygen atoms in total. The predicted octanol–water partition coefficient (Wildman–Crippen LogP) is 0.289. The summed E-state index contributed by atoms with van der Waals surface area (Å²) >= 11 is 0. The minimum Gasteiger partial charge on any atom is -0.508 e. The summed E-state index contributed by atoms with van der Waals surface area (Å²) in [6.45, 7) is -0.0434. The molecule has 2 heterocycles. The Hall–Kier alpha value is -4.06. The van der Waals surface area contributed by atoms with Crippen LogP contribution in [0.4, 0.5) is 0 Å². The van der Waals surface area contributed by atoms with Crippen LogP contribution < -0.4 is 11.2 Å². The van der Waals surface area contributed by atoms with Gasteiger partial charge in [-0.05, 0) is 24.3 Å². The van der Waals surface area contributed by atoms with E-state index in [1.54, 1.807) is 19.2 Å². The molecule has 0 aliphatic heterocycles. The number of hydrogen-bond acceptors (Lipinski definition) is 5. The molecule has 0 bridgehead atoms. The molecule has 142 valence electrons. The predicted molar refractivity (Wildman–Crippen MR) is 102 cm³/mol. The molecule has 3 rings (SSSR count). The number of carbonyl (C=O) groups is 1. The normalized spacial score (nSPS) is 10.9. The molecule has 0 atom stereocenters. The topological polar surface area (TPSA) is 119 Å². The Morgan fingerprint density at radius 1 is 1.25 bits per heavy atom. The fourth-order valence-corrected chi connectivity index (χ4v) is 2.69. The van der Waals surface area contributed by atoms with Gasteiger partial charge in [-0.25, -0.2) is 14.6 Å². The van der Waals surface area contributed by atoms with Gasteiger partial charge in [-0.1, -0.05) is 17.9 Å². The SMILES string of the molecule is Cn1c(=O)c2c(nc(/C=C/C(=O)O)n2C)n(CC#Cc2cccc(O)c2)c1=O. The average molecular weight is 380 g/mol. The van der Waals surface area contributed by atoms with Gasteiger partial charge in [0.2, 0.25) is 0 Å². The zero-order valence-corrected chi connectivity index (χ0v) is 15.1. The maximum atomic E-state index is 12.5. The van der Waals surface area contributed by atoms with Crippen molar-refractivity contribution in [3.8, 4) is 17.6 Å². The standard InChI is InChI=1S/C19H16N4O5/c1-21-14(8-9-15(25)26)20-17-16(21)18(27)22(2)19(28)23(17)10-4-6-12-5-3-7-13(24)11-12/h3,5,7-9,11,24H,10H2,1-2H3,(H,25,26)/b9-8+. The highest BCUT2D eigenvalue weighted by Crippen LogP contribution is 2.12. The first-order valence-corrected chi connectivity index (χ1v) is 8.14. The van der Waals surface area contributed by atoms with E-state index >= 15 is 0 Å². The van der Waals surface area contributed by atoms with Gasteiger partial charge in [-0.15, -0.1) is 0 Å². The number of phenolic OH excluding ortho intramolecular Hbond substituents is 1. The smallest absolute Gasteiger partial charge is 0.333 e. The molecule has 2 aromatic heterocycles. The lowest BCUT2D eigenvalue weighted by Crippen LogP contribution is -2.38. The van der Waals surface area contributed by atoms with Crippen LogP contribution >= 0.6 is 0 Å². The van der Waals surface area contributed by atoms with Crippen LogP contribution in [-0.4, -0.2) is 34.9 Å². The quantitative estimate of drug-likeness (QED) is 0.498. The number of aliphatic carboxylic acids is 1. The van der Waals surface area contributed by atoms with Gasteiger partial charge in [0.05, 0.1) is 6.54 Å². The first kappa shape index (κ1) is 18.7. The van der Waals surface area contributed by atoms with Crippen LogP contribution in [0, 0.1) is 11.8 Å². The molecule has 0 aliphatic carbocycles. The summed E-state index contributed by atoms with van der Waals surface area (Å²) in [5.74, 6) is 4.80. The Bertz CT molecular complexity index is 1300. The van der Waals surface area contributed by atoms with E-state index in [9.17, 15) is 19.5 Å². The summed E-state index contributed by atoms with van der Waals surface area (Å²) in [5.41, 5.74) is -0.283. The zero-order chi connectivity index (χ0) is 20.4. The summed E-state index contributed by atoms with van der Waals surface area (Å²) in [7, 11) is 2.91. The minimum absolute atomic E-state index is 0.0434. The second kappa shape index (κ2) is 7.28. The van der Waals surface area contributed by atoms with Crippen LogP contribution in [0.3, 0.4) is 0 Å². The van der Waals surface area contributed by atoms with E-state index in [1.165, 1.54) is 34.4 Å². The molecule has 28 heavy (non-hydrogen) atoms. The number of aromatic nitrogens is 4. The second-order valence-corrected chi connectivity index (χ2v) is 5.96. The first-order valence-electron chi connectivity index (χ1n) is 8.14. The fraction of sp³-hybridized carbons (Fsp3) is 0.158. The van der Waals surface area contributed by atoms with Crippen LogP contribution in [0.2, 0.25) is 0 Å².